The number of aliphatic hydroxyl groups is 1. The fourth-order valence-corrected chi connectivity index (χ4v) is 6.54. The van der Waals surface area contributed by atoms with Crippen molar-refractivity contribution in [2.24, 2.45) is 34.4 Å². The molecule has 0 heterocycles. The van der Waals surface area contributed by atoms with Crippen LogP contribution in [0.5, 0.6) is 0 Å². The van der Waals surface area contributed by atoms with Gasteiger partial charge in [0, 0.05) is 22.0 Å². The second kappa shape index (κ2) is 5.51. The molecule has 0 aromatic heterocycles. The number of anilines is 1. The normalized spacial score (nSPS) is 33.6. The van der Waals surface area contributed by atoms with Crippen molar-refractivity contribution < 1.29 is 5.11 Å². The van der Waals surface area contributed by atoms with Crippen LogP contribution in [0.4, 0.5) is 5.69 Å². The summed E-state index contributed by atoms with van der Waals surface area (Å²) < 4.78 is 0. The summed E-state index contributed by atoms with van der Waals surface area (Å²) in [6.45, 7) is 0. The molecule has 0 atom stereocenters. The molecule has 0 radical (unpaired) electrons. The van der Waals surface area contributed by atoms with Crippen molar-refractivity contribution in [3.63, 3.8) is 0 Å². The van der Waals surface area contributed by atoms with Crippen LogP contribution in [0.1, 0.15) is 43.2 Å². The molecule has 4 nitrogen and oxygen atoms in total. The van der Waals surface area contributed by atoms with Gasteiger partial charge in [-0.15, -0.1) is 0 Å². The highest BCUT2D eigenvalue weighted by atomic mass is 16.3. The van der Waals surface area contributed by atoms with E-state index in [9.17, 15) is 5.11 Å². The minimum absolute atomic E-state index is 0.336. The van der Waals surface area contributed by atoms with Crippen molar-refractivity contribution in [2.45, 2.75) is 38.1 Å². The van der Waals surface area contributed by atoms with E-state index in [4.69, 9.17) is 10.7 Å². The van der Waals surface area contributed by atoms with Crippen molar-refractivity contribution in [1.82, 2.24) is 0 Å². The highest BCUT2D eigenvalue weighted by Crippen LogP contribution is 2.54. The second-order valence-corrected chi connectivity index (χ2v) is 9.02. The van der Waals surface area contributed by atoms with Crippen LogP contribution >= 0.6 is 0 Å². The molecule has 4 fully saturated rings. The van der Waals surface area contributed by atoms with Gasteiger partial charge in [-0.25, -0.2) is 4.99 Å². The van der Waals surface area contributed by atoms with Crippen molar-refractivity contribution in [1.29, 1.82) is 0 Å². The molecule has 7 rings (SSSR count). The topological polar surface area (TPSA) is 70.6 Å². The van der Waals surface area contributed by atoms with Gasteiger partial charge < -0.3 is 16.2 Å². The van der Waals surface area contributed by atoms with Crippen LogP contribution < -0.4 is 11.1 Å². The van der Waals surface area contributed by atoms with E-state index >= 15 is 0 Å². The number of nitrogens with one attached hydrogen (secondary N) is 1. The van der Waals surface area contributed by atoms with Gasteiger partial charge in [0.05, 0.1) is 6.04 Å². The number of rotatable bonds is 2. The first-order valence-corrected chi connectivity index (χ1v) is 10.2. The van der Waals surface area contributed by atoms with Gasteiger partial charge in [0.2, 0.25) is 0 Å². The number of nitrogens with zero attached hydrogens (tertiary/aromatic N) is 1. The van der Waals surface area contributed by atoms with Gasteiger partial charge >= 0.3 is 0 Å². The molecule has 0 spiro atoms. The second-order valence-electron chi connectivity index (χ2n) is 9.02. The van der Waals surface area contributed by atoms with Crippen LogP contribution in [0.3, 0.4) is 0 Å². The Morgan fingerprint density at radius 2 is 1.74 bits per heavy atom. The van der Waals surface area contributed by atoms with E-state index in [0.717, 1.165) is 51.3 Å². The summed E-state index contributed by atoms with van der Waals surface area (Å²) in [4.78, 5) is 4.97. The first-order valence-electron chi connectivity index (χ1n) is 10.2. The van der Waals surface area contributed by atoms with Crippen LogP contribution in [0, 0.1) is 23.7 Å². The minimum Gasteiger partial charge on any atom is -0.507 e. The molecule has 138 valence electrons. The molecule has 27 heavy (non-hydrogen) atoms. The fourth-order valence-electron chi connectivity index (χ4n) is 6.54. The molecule has 2 aromatic rings. The summed E-state index contributed by atoms with van der Waals surface area (Å²) >= 11 is 0. The molecule has 0 amide bonds. The van der Waals surface area contributed by atoms with E-state index in [0.29, 0.717) is 17.8 Å². The van der Waals surface area contributed by atoms with Gasteiger partial charge in [-0.3, -0.25) is 0 Å². The summed E-state index contributed by atoms with van der Waals surface area (Å²) in [7, 11) is 0. The number of nitrogens with two attached hydrogens (primary N) is 1. The lowest BCUT2D eigenvalue weighted by molar-refractivity contribution is 0.00124. The monoisotopic (exact) mass is 359 g/mol. The zero-order chi connectivity index (χ0) is 18.1. The molecule has 5 aliphatic carbocycles. The third kappa shape index (κ3) is 2.32. The zero-order valence-corrected chi connectivity index (χ0v) is 15.4. The van der Waals surface area contributed by atoms with Crippen LogP contribution in [0.25, 0.3) is 22.6 Å². The van der Waals surface area contributed by atoms with Gasteiger partial charge in [-0.2, -0.15) is 0 Å². The Balaban J connectivity index is 1.31. The Morgan fingerprint density at radius 3 is 2.48 bits per heavy atom. The van der Waals surface area contributed by atoms with Crippen molar-refractivity contribution in [3.05, 3.63) is 41.5 Å². The number of hydrogen-bond donors (Lipinski definition) is 3. The smallest absolute Gasteiger partial charge is 0.193 e. The molecule has 0 saturated heterocycles. The molecule has 0 aliphatic heterocycles. The van der Waals surface area contributed by atoms with Gasteiger partial charge in [-0.05, 0) is 79.5 Å². The molecule has 4 saturated carbocycles. The Morgan fingerprint density at radius 1 is 1.00 bits per heavy atom. The zero-order valence-electron chi connectivity index (χ0n) is 15.4. The number of guanidine groups is 1. The Kier molecular flexibility index (Phi) is 3.17. The van der Waals surface area contributed by atoms with Crippen LogP contribution in [-0.4, -0.2) is 17.1 Å². The summed E-state index contributed by atoms with van der Waals surface area (Å²) in [5.74, 6) is 4.23. The Labute approximate surface area is 159 Å². The number of aliphatic imine (C=N–C) groups is 1. The van der Waals surface area contributed by atoms with E-state index in [1.54, 1.807) is 0 Å². The SMILES string of the molecule is NC(=NC1C2CC3CC(C2)CC1C3)Nc1ccc2c3c(cccc13)C=C2O. The predicted molar refractivity (Wildman–Crippen MR) is 111 cm³/mol. The highest BCUT2D eigenvalue weighted by Gasteiger charge is 2.48. The summed E-state index contributed by atoms with van der Waals surface area (Å²) in [5, 5.41) is 15.7. The molecular weight excluding hydrogens is 334 g/mol. The maximum atomic E-state index is 10.2. The van der Waals surface area contributed by atoms with E-state index in [-0.39, 0.29) is 0 Å². The standard InChI is InChI=1S/C23H25N3O/c24-23(26-22-15-7-12-6-13(9-15)10-16(22)8-12)25-19-5-4-18-20(27)11-14-2-1-3-17(19)21(14)18/h1-5,11-13,15-16,22,27H,6-10H2,(H3,24,25,26). The van der Waals surface area contributed by atoms with Crippen molar-refractivity contribution in [2.75, 3.05) is 5.32 Å². The maximum absolute atomic E-state index is 10.2. The summed E-state index contributed by atoms with van der Waals surface area (Å²) in [6.07, 6.45) is 8.67. The van der Waals surface area contributed by atoms with Crippen molar-refractivity contribution in [3.8, 4) is 0 Å². The predicted octanol–water partition coefficient (Wildman–Crippen LogP) is 4.76. The lowest BCUT2D eigenvalue weighted by Crippen LogP contribution is -2.48. The molecule has 2 aromatic carbocycles. The Hall–Kier alpha value is -2.49. The lowest BCUT2D eigenvalue weighted by atomic mass is 9.54. The average molecular weight is 359 g/mol. The van der Waals surface area contributed by atoms with Crippen LogP contribution in [-0.2, 0) is 0 Å². The fraction of sp³-hybridized carbons (Fsp3) is 0.435. The molecular formula is C23H25N3O. The average Bonchev–Trinajstić information content (AvgIpc) is 2.97. The molecule has 0 unspecified atom stereocenters. The van der Waals surface area contributed by atoms with Gasteiger partial charge in [0.25, 0.3) is 0 Å². The van der Waals surface area contributed by atoms with Crippen LogP contribution in [0.15, 0.2) is 35.3 Å². The first-order chi connectivity index (χ1) is 13.2. The van der Waals surface area contributed by atoms with Gasteiger partial charge in [-0.1, -0.05) is 18.2 Å². The lowest BCUT2D eigenvalue weighted by Gasteiger charge is -2.53. The third-order valence-corrected chi connectivity index (χ3v) is 7.37. The number of benzene rings is 2. The molecule has 4 bridgehead atoms. The van der Waals surface area contributed by atoms with E-state index in [2.05, 4.69) is 11.4 Å². The molecule has 4 heteroatoms. The van der Waals surface area contributed by atoms with E-state index < -0.39 is 0 Å². The quantitative estimate of drug-likeness (QED) is 0.535. The van der Waals surface area contributed by atoms with E-state index in [1.165, 1.54) is 32.1 Å². The third-order valence-electron chi connectivity index (χ3n) is 7.37. The highest BCUT2D eigenvalue weighted by molar-refractivity contribution is 6.13. The summed E-state index contributed by atoms with van der Waals surface area (Å²) in [6, 6.07) is 10.5. The van der Waals surface area contributed by atoms with Gasteiger partial charge in [0.1, 0.15) is 5.76 Å². The molecule has 4 N–H and O–H groups in total. The summed E-state index contributed by atoms with van der Waals surface area (Å²) in [5.41, 5.74) is 9.28. The molecule has 5 aliphatic rings. The number of aliphatic hydroxyl groups excluding tert-OH is 1. The minimum atomic E-state index is 0.336. The Bertz CT molecular complexity index is 978. The van der Waals surface area contributed by atoms with Crippen molar-refractivity contribution >= 4 is 34.3 Å². The van der Waals surface area contributed by atoms with Gasteiger partial charge in [0.15, 0.2) is 5.96 Å². The van der Waals surface area contributed by atoms with E-state index in [1.807, 2.05) is 30.3 Å². The first kappa shape index (κ1) is 15.6. The maximum Gasteiger partial charge on any atom is 0.193 e. The number of hydrogen-bond acceptors (Lipinski definition) is 2. The largest absolute Gasteiger partial charge is 0.507 e. The van der Waals surface area contributed by atoms with Crippen LogP contribution in [0.2, 0.25) is 0 Å².